The van der Waals surface area contributed by atoms with Gasteiger partial charge >= 0.3 is 23.9 Å². The Morgan fingerprint density at radius 2 is 0.930 bits per heavy atom. The van der Waals surface area contributed by atoms with Crippen molar-refractivity contribution in [3.05, 3.63) is 0 Å². The molecule has 14 rings (SSSR count). The lowest BCUT2D eigenvalue weighted by molar-refractivity contribution is -0.194. The number of ether oxygens (including phenoxy) is 4. The van der Waals surface area contributed by atoms with Gasteiger partial charge in [0.2, 0.25) is 6.29 Å². The molecule has 0 spiro atoms. The zero-order valence-corrected chi connectivity index (χ0v) is 46.4. The molecule has 14 aliphatic rings. The van der Waals surface area contributed by atoms with E-state index >= 15 is 0 Å². The Balaban J connectivity index is 0.000000108. The van der Waals surface area contributed by atoms with Gasteiger partial charge in [-0.25, -0.2) is 0 Å². The molecule has 2 aliphatic heterocycles. The molecule has 2 heterocycles. The molecule has 0 radical (unpaired) electrons. The van der Waals surface area contributed by atoms with Crippen LogP contribution in [0.2, 0.25) is 0 Å². The summed E-state index contributed by atoms with van der Waals surface area (Å²) >= 11 is 0. The Kier molecular flexibility index (Phi) is 15.7. The minimum absolute atomic E-state index is 0.0614. The number of rotatable bonds is 4. The summed E-state index contributed by atoms with van der Waals surface area (Å²) in [6.45, 7) is 26.2. The fraction of sp³-hybridized carbons (Fsp3) is 0.937. The van der Waals surface area contributed by atoms with E-state index in [0.29, 0.717) is 12.5 Å². The second-order valence-corrected chi connectivity index (χ2v) is 28.0. The maximum Gasteiger partial charge on any atom is 0.317 e. The summed E-state index contributed by atoms with van der Waals surface area (Å²) in [7, 11) is 0. The van der Waals surface area contributed by atoms with E-state index in [9.17, 15) is 19.2 Å². The molecule has 400 valence electrons. The Morgan fingerprint density at radius 1 is 0.465 bits per heavy atom. The molecule has 14 fully saturated rings. The van der Waals surface area contributed by atoms with Crippen molar-refractivity contribution in [2.24, 2.45) is 166 Å². The number of esters is 4. The molecular formula is C63H100O8. The zero-order chi connectivity index (χ0) is 50.3. The Labute approximate surface area is 430 Å². The molecule has 0 aromatic carbocycles. The summed E-state index contributed by atoms with van der Waals surface area (Å²) in [5.41, 5.74) is 0. The summed E-state index contributed by atoms with van der Waals surface area (Å²) in [4.78, 5) is 45.7. The number of cyclic esters (lactones) is 2. The van der Waals surface area contributed by atoms with Gasteiger partial charge in [-0.3, -0.25) is 19.2 Å². The highest BCUT2D eigenvalue weighted by Gasteiger charge is 2.67. The van der Waals surface area contributed by atoms with E-state index in [4.69, 9.17) is 14.2 Å². The molecule has 12 saturated carbocycles. The largest absolute Gasteiger partial charge is 0.466 e. The van der Waals surface area contributed by atoms with Gasteiger partial charge in [-0.1, -0.05) is 94.9 Å². The van der Waals surface area contributed by atoms with Crippen LogP contribution in [-0.2, 0) is 38.1 Å². The first-order valence-corrected chi connectivity index (χ1v) is 30.7. The second-order valence-electron chi connectivity index (χ2n) is 28.0. The van der Waals surface area contributed by atoms with Gasteiger partial charge in [0.25, 0.3) is 0 Å². The molecule has 0 aromatic rings. The first kappa shape index (κ1) is 52.5. The lowest BCUT2D eigenvalue weighted by atomic mass is 9.62. The third kappa shape index (κ3) is 9.47. The first-order chi connectivity index (χ1) is 34.0. The van der Waals surface area contributed by atoms with Crippen molar-refractivity contribution in [1.29, 1.82) is 0 Å². The van der Waals surface area contributed by atoms with Crippen molar-refractivity contribution in [3.63, 3.8) is 0 Å². The second kappa shape index (κ2) is 21.2. The zero-order valence-electron chi connectivity index (χ0n) is 46.4. The van der Waals surface area contributed by atoms with Gasteiger partial charge in [-0.15, -0.1) is 0 Å². The van der Waals surface area contributed by atoms with Crippen molar-refractivity contribution < 1.29 is 38.1 Å². The van der Waals surface area contributed by atoms with Gasteiger partial charge in [0.15, 0.2) is 0 Å². The lowest BCUT2D eigenvalue weighted by Gasteiger charge is -2.43. The van der Waals surface area contributed by atoms with E-state index in [2.05, 4.69) is 60.1 Å². The SMILES string of the molecule is CC1C(=O)OC(=O)C1C.CC1C(C)C2CC1C1C3CC(C(=O)OC4CCCCO4)C(C3)C21.CC1C(C)C2CC1C1C3CCC(C3)C21.CC1CCCCC1C.CCOC(=O)C1CC2C3CC(C(C)C3C)C2C1. The quantitative estimate of drug-likeness (QED) is 0.119. The van der Waals surface area contributed by atoms with Crippen LogP contribution in [0, 0.1) is 166 Å². The summed E-state index contributed by atoms with van der Waals surface area (Å²) in [5, 5.41) is 0. The van der Waals surface area contributed by atoms with Gasteiger partial charge in [-0.2, -0.15) is 0 Å². The number of hydrogen-bond donors (Lipinski definition) is 0. The third-order valence-corrected chi connectivity index (χ3v) is 25.6. The summed E-state index contributed by atoms with van der Waals surface area (Å²) in [6, 6.07) is 0. The van der Waals surface area contributed by atoms with Gasteiger partial charge < -0.3 is 18.9 Å². The average Bonchev–Trinajstić information content (AvgIpc) is 4.21. The van der Waals surface area contributed by atoms with Crippen LogP contribution in [0.3, 0.4) is 0 Å². The maximum atomic E-state index is 12.7. The molecule has 8 heteroatoms. The maximum absolute atomic E-state index is 12.7. The Morgan fingerprint density at radius 3 is 1.38 bits per heavy atom. The van der Waals surface area contributed by atoms with Gasteiger partial charge in [0.1, 0.15) is 0 Å². The van der Waals surface area contributed by atoms with Gasteiger partial charge in [0.05, 0.1) is 36.9 Å². The summed E-state index contributed by atoms with van der Waals surface area (Å²) < 4.78 is 20.9. The van der Waals surface area contributed by atoms with Crippen LogP contribution >= 0.6 is 0 Å². The average molecular weight is 985 g/mol. The Hall–Kier alpha value is -1.96. The minimum atomic E-state index is -0.396. The van der Waals surface area contributed by atoms with Crippen LogP contribution in [0.5, 0.6) is 0 Å². The highest BCUT2D eigenvalue weighted by molar-refractivity contribution is 5.95. The molecule has 0 N–H and O–H groups in total. The Bertz CT molecular complexity index is 1830. The highest BCUT2D eigenvalue weighted by Crippen LogP contribution is 2.72. The van der Waals surface area contributed by atoms with E-state index in [1.807, 2.05) is 6.92 Å². The first-order valence-electron chi connectivity index (χ1n) is 30.7. The molecule has 28 unspecified atom stereocenters. The molecule has 12 aliphatic carbocycles. The lowest BCUT2D eigenvalue weighted by Crippen LogP contribution is -2.41. The molecule has 8 nitrogen and oxygen atoms in total. The fourth-order valence-electron chi connectivity index (χ4n) is 21.1. The van der Waals surface area contributed by atoms with Crippen molar-refractivity contribution in [2.75, 3.05) is 13.2 Å². The van der Waals surface area contributed by atoms with Crippen LogP contribution < -0.4 is 0 Å². The number of carbonyl (C=O) groups is 4. The number of carbonyl (C=O) groups excluding carboxylic acids is 4. The van der Waals surface area contributed by atoms with Crippen molar-refractivity contribution in [1.82, 2.24) is 0 Å². The van der Waals surface area contributed by atoms with Crippen molar-refractivity contribution in [2.45, 2.75) is 192 Å². The highest BCUT2D eigenvalue weighted by atomic mass is 16.7. The van der Waals surface area contributed by atoms with E-state index in [1.165, 1.54) is 68.6 Å². The van der Waals surface area contributed by atoms with Gasteiger partial charge in [-0.05, 0) is 226 Å². The van der Waals surface area contributed by atoms with E-state index in [-0.39, 0.29) is 41.9 Å². The number of fused-ring (bicyclic) bond motifs is 23. The molecule has 0 aromatic heterocycles. The van der Waals surface area contributed by atoms with E-state index in [1.54, 1.807) is 39.5 Å². The van der Waals surface area contributed by atoms with Crippen molar-refractivity contribution >= 4 is 23.9 Å². The smallest absolute Gasteiger partial charge is 0.317 e. The molecule has 28 atom stereocenters. The summed E-state index contributed by atoms with van der Waals surface area (Å²) in [6.07, 6.45) is 22.7. The van der Waals surface area contributed by atoms with Crippen molar-refractivity contribution in [3.8, 4) is 0 Å². The summed E-state index contributed by atoms with van der Waals surface area (Å²) in [5.74, 6) is 22.4. The predicted molar refractivity (Wildman–Crippen MR) is 277 cm³/mol. The normalized spacial score (nSPS) is 53.3. The minimum Gasteiger partial charge on any atom is -0.466 e. The third-order valence-electron chi connectivity index (χ3n) is 25.6. The standard InChI is InChI=1S/C20H30O3.C15H24O2.C14H22.C8H16.C6H8O3/c1-10-11(2)14-9-13(10)18-12-7-15(19(14)18)16(8-12)20(21)23-17-5-3-4-6-22-17;1-4-17-15(16)10-5-13-11-7-12(14(13)6-10)9(3)8(11)2;1-7-8(2)12-6-11(7)13-9-3-4-10(5-9)14(12)13;1-7-5-3-4-6-8(7)2;1-3-4(2)6(8)9-5(3)7/h10-19H,3-9H2,1-2H3;8-14H,4-7H2,1-3H3;7-14H,3-6H2,1-2H3;7-8H,3-6H2,1-2H3;3-4H,1-2H3. The van der Waals surface area contributed by atoms with Gasteiger partial charge in [0, 0.05) is 6.42 Å². The van der Waals surface area contributed by atoms with Crippen LogP contribution in [-0.4, -0.2) is 43.4 Å². The molecule has 71 heavy (non-hydrogen) atoms. The van der Waals surface area contributed by atoms with E-state index < -0.39 is 11.9 Å². The van der Waals surface area contributed by atoms with E-state index in [0.717, 1.165) is 158 Å². The number of hydrogen-bond acceptors (Lipinski definition) is 8. The molecule has 2 saturated heterocycles. The molecule has 10 bridgehead atoms. The van der Waals surface area contributed by atoms with Crippen LogP contribution in [0.4, 0.5) is 0 Å². The van der Waals surface area contributed by atoms with Crippen LogP contribution in [0.15, 0.2) is 0 Å². The van der Waals surface area contributed by atoms with Crippen LogP contribution in [0.25, 0.3) is 0 Å². The molecule has 0 amide bonds. The molecular weight excluding hydrogens is 885 g/mol. The monoisotopic (exact) mass is 985 g/mol. The fourth-order valence-corrected chi connectivity index (χ4v) is 21.1. The topological polar surface area (TPSA) is 105 Å². The van der Waals surface area contributed by atoms with Crippen LogP contribution in [0.1, 0.15) is 185 Å². The predicted octanol–water partition coefficient (Wildman–Crippen LogP) is 13.7.